The topological polar surface area (TPSA) is 221 Å². The SMILES string of the molecule is COc1cc(C=CC(=O)N[S+]([O-])C=Cc2cc(OC)c(OC)c(OC)c2)cc(OC)c1OC.COc1cc(C=C[S+]([O-])N[S+]([O-])C=Cc2cc(OC)c(OC)c(OC)c2)cc(OC)c1OC. The molecule has 0 bridgehead atoms. The first-order chi connectivity index (χ1) is 31.8. The van der Waals surface area contributed by atoms with Crippen molar-refractivity contribution in [3.63, 3.8) is 0 Å². The Morgan fingerprint density at radius 1 is 0.379 bits per heavy atom. The molecule has 3 unspecified atom stereocenters. The standard InChI is InChI=1S/C23H27NO8S.C22H27NO8S2/c1-27-17-11-15(12-18(28-2)22(17)31-5)7-8-21(25)24-33(26)10-9-16-13-19(29-3)23(32-6)20(14-16)30-4;1-26-17-11-15(12-18(27-2)21(17)30-5)7-9-32(24)23-33(25)10-8-16-13-19(28-3)22(31-6)20(14-16)29-4/h7-14H,1-6H3,(H,24,25);7-14,23H,1-6H3. The van der Waals surface area contributed by atoms with Crippen molar-refractivity contribution in [3.05, 3.63) is 93.1 Å². The Hall–Kier alpha value is -6.20. The van der Waals surface area contributed by atoms with Gasteiger partial charge in [-0.15, -0.1) is 0 Å². The Bertz CT molecular complexity index is 2150. The van der Waals surface area contributed by atoms with E-state index in [1.54, 1.807) is 72.8 Å². The molecule has 358 valence electrons. The fraction of sp³-hybridized carbons (Fsp3) is 0.267. The minimum atomic E-state index is -1.76. The number of hydrogen-bond acceptors (Lipinski definition) is 17. The van der Waals surface area contributed by atoms with Gasteiger partial charge in [-0.25, -0.2) is 0 Å². The summed E-state index contributed by atoms with van der Waals surface area (Å²) in [6.07, 6.45) is 7.55. The average Bonchev–Trinajstić information content (AvgIpc) is 3.34. The molecule has 2 N–H and O–H groups in total. The lowest BCUT2D eigenvalue weighted by atomic mass is 10.1. The minimum Gasteiger partial charge on any atom is -0.590 e. The van der Waals surface area contributed by atoms with Crippen LogP contribution in [-0.2, 0) is 38.9 Å². The molecule has 4 rings (SSSR count). The third-order valence-corrected chi connectivity index (χ3v) is 11.6. The predicted octanol–water partition coefficient (Wildman–Crippen LogP) is 6.50. The van der Waals surface area contributed by atoms with Crippen molar-refractivity contribution >= 4 is 64.3 Å². The van der Waals surface area contributed by atoms with Crippen LogP contribution in [0.5, 0.6) is 69.0 Å². The van der Waals surface area contributed by atoms with Crippen LogP contribution in [0.3, 0.4) is 0 Å². The Labute approximate surface area is 394 Å². The van der Waals surface area contributed by atoms with Crippen LogP contribution in [0.4, 0.5) is 0 Å². The third-order valence-electron chi connectivity index (χ3n) is 8.69. The van der Waals surface area contributed by atoms with E-state index in [1.165, 1.54) is 108 Å². The Morgan fingerprint density at radius 2 is 0.606 bits per heavy atom. The highest BCUT2D eigenvalue weighted by molar-refractivity contribution is 8.07. The molecule has 0 aliphatic carbocycles. The summed E-state index contributed by atoms with van der Waals surface area (Å²) in [7, 11) is 18.1. The van der Waals surface area contributed by atoms with Crippen LogP contribution in [0.1, 0.15) is 22.3 Å². The molecule has 0 radical (unpaired) electrons. The van der Waals surface area contributed by atoms with Crippen molar-refractivity contribution in [1.29, 1.82) is 0 Å². The maximum atomic E-state index is 12.3. The van der Waals surface area contributed by atoms with Crippen LogP contribution in [-0.4, -0.2) is 105 Å². The van der Waals surface area contributed by atoms with E-state index in [0.717, 1.165) is 0 Å². The normalized spacial score (nSPS) is 12.5. The van der Waals surface area contributed by atoms with Crippen molar-refractivity contribution in [3.8, 4) is 69.0 Å². The molecule has 0 aliphatic heterocycles. The van der Waals surface area contributed by atoms with Crippen molar-refractivity contribution in [1.82, 2.24) is 8.85 Å². The molecule has 3 atom stereocenters. The number of rotatable bonds is 23. The first kappa shape index (κ1) is 54.1. The molecule has 0 spiro atoms. The van der Waals surface area contributed by atoms with E-state index in [1.807, 2.05) is 0 Å². The molecular formula is C45H54N2O16S3. The number of methoxy groups -OCH3 is 12. The van der Waals surface area contributed by atoms with Crippen LogP contribution < -0.4 is 65.7 Å². The van der Waals surface area contributed by atoms with Gasteiger partial charge in [0.2, 0.25) is 23.0 Å². The number of carbonyl (C=O) groups excluding carboxylic acids is 1. The van der Waals surface area contributed by atoms with E-state index in [9.17, 15) is 18.5 Å². The Balaban J connectivity index is 0.000000350. The zero-order chi connectivity index (χ0) is 48.8. The highest BCUT2D eigenvalue weighted by Gasteiger charge is 2.18. The van der Waals surface area contributed by atoms with Crippen LogP contribution in [0.25, 0.3) is 24.3 Å². The molecule has 0 saturated carbocycles. The van der Waals surface area contributed by atoms with Gasteiger partial charge in [-0.1, -0.05) is 0 Å². The van der Waals surface area contributed by atoms with Crippen molar-refractivity contribution < 1.29 is 75.3 Å². The fourth-order valence-electron chi connectivity index (χ4n) is 5.69. The number of amides is 1. The summed E-state index contributed by atoms with van der Waals surface area (Å²) in [6.45, 7) is 0. The number of nitrogens with one attached hydrogen (secondary N) is 2. The van der Waals surface area contributed by atoms with Gasteiger partial charge in [0.15, 0.2) is 46.0 Å². The molecule has 0 aliphatic rings. The minimum absolute atomic E-state index is 0.444. The first-order valence-electron chi connectivity index (χ1n) is 19.0. The zero-order valence-corrected chi connectivity index (χ0v) is 40.9. The maximum Gasteiger partial charge on any atom is 0.285 e. The second-order valence-electron chi connectivity index (χ2n) is 12.5. The fourth-order valence-corrected chi connectivity index (χ4v) is 7.96. The van der Waals surface area contributed by atoms with E-state index in [-0.39, 0.29) is 0 Å². The molecule has 21 heteroatoms. The van der Waals surface area contributed by atoms with E-state index in [0.29, 0.717) is 91.2 Å². The van der Waals surface area contributed by atoms with E-state index < -0.39 is 40.0 Å². The van der Waals surface area contributed by atoms with Crippen LogP contribution in [0.15, 0.2) is 70.8 Å². The van der Waals surface area contributed by atoms with Crippen molar-refractivity contribution in [2.45, 2.75) is 0 Å². The zero-order valence-electron chi connectivity index (χ0n) is 38.5. The molecule has 18 nitrogen and oxygen atoms in total. The lowest BCUT2D eigenvalue weighted by Crippen LogP contribution is -2.27. The summed E-state index contributed by atoms with van der Waals surface area (Å²) in [4.78, 5) is 12.2. The van der Waals surface area contributed by atoms with E-state index >= 15 is 0 Å². The molecule has 0 saturated heterocycles. The number of ether oxygens (including phenoxy) is 12. The smallest absolute Gasteiger partial charge is 0.285 e. The van der Waals surface area contributed by atoms with Gasteiger partial charge in [-0.2, -0.15) is 4.72 Å². The second kappa shape index (κ2) is 28.0. The molecule has 0 aromatic heterocycles. The molecule has 0 heterocycles. The Kier molecular flexibility index (Phi) is 22.9. The van der Waals surface area contributed by atoms with Crippen molar-refractivity contribution in [2.75, 3.05) is 85.3 Å². The van der Waals surface area contributed by atoms with Gasteiger partial charge in [-0.3, -0.25) is 4.79 Å². The van der Waals surface area contributed by atoms with Crippen LogP contribution in [0.2, 0.25) is 0 Å². The summed E-state index contributed by atoms with van der Waals surface area (Å²) in [5.74, 6) is 4.93. The molecule has 66 heavy (non-hydrogen) atoms. The summed E-state index contributed by atoms with van der Waals surface area (Å²) >= 11 is -5.19. The largest absolute Gasteiger partial charge is 0.590 e. The first-order valence-corrected chi connectivity index (χ1v) is 22.7. The van der Waals surface area contributed by atoms with E-state index in [4.69, 9.17) is 56.8 Å². The van der Waals surface area contributed by atoms with Gasteiger partial charge < -0.3 is 70.5 Å². The van der Waals surface area contributed by atoms with Crippen molar-refractivity contribution in [2.24, 2.45) is 0 Å². The second-order valence-corrected chi connectivity index (χ2v) is 16.0. The van der Waals surface area contributed by atoms with E-state index in [2.05, 4.69) is 8.85 Å². The number of benzene rings is 4. The van der Waals surface area contributed by atoms with Gasteiger partial charge in [0.05, 0.1) is 85.3 Å². The van der Waals surface area contributed by atoms with Gasteiger partial charge in [-0.05, 0) is 95.1 Å². The van der Waals surface area contributed by atoms with Gasteiger partial charge in [0, 0.05) is 10.2 Å². The lowest BCUT2D eigenvalue weighted by Gasteiger charge is -2.13. The van der Waals surface area contributed by atoms with Crippen LogP contribution >= 0.6 is 0 Å². The van der Waals surface area contributed by atoms with Crippen LogP contribution in [0, 0.1) is 0 Å². The summed E-state index contributed by atoms with van der Waals surface area (Å²) in [6, 6.07) is 13.6. The quantitative estimate of drug-likeness (QED) is 0.0598. The molecule has 4 aromatic rings. The maximum absolute atomic E-state index is 12.3. The molecule has 4 aromatic carbocycles. The monoisotopic (exact) mass is 974 g/mol. The predicted molar refractivity (Wildman–Crippen MR) is 256 cm³/mol. The highest BCUT2D eigenvalue weighted by atomic mass is 32.3. The highest BCUT2D eigenvalue weighted by Crippen LogP contribution is 2.41. The molecular weight excluding hydrogens is 921 g/mol. The summed E-state index contributed by atoms with van der Waals surface area (Å²) in [5.41, 5.74) is 2.62. The lowest BCUT2D eigenvalue weighted by molar-refractivity contribution is -0.114. The third kappa shape index (κ3) is 15.5. The average molecular weight is 975 g/mol. The van der Waals surface area contributed by atoms with Gasteiger partial charge in [0.25, 0.3) is 5.91 Å². The molecule has 1 amide bonds. The molecule has 0 fully saturated rings. The Morgan fingerprint density at radius 3 is 0.833 bits per heavy atom. The van der Waals surface area contributed by atoms with Gasteiger partial charge >= 0.3 is 0 Å². The number of carbonyl (C=O) groups is 1. The number of hydrogen-bond donors (Lipinski definition) is 2. The summed E-state index contributed by atoms with van der Waals surface area (Å²) in [5, 5.41) is 4.07. The van der Waals surface area contributed by atoms with Gasteiger partial charge in [0.1, 0.15) is 50.3 Å². The summed E-state index contributed by atoms with van der Waals surface area (Å²) < 4.78 is 105.